The van der Waals surface area contributed by atoms with Gasteiger partial charge in [0.25, 0.3) is 0 Å². The van der Waals surface area contributed by atoms with E-state index in [-0.39, 0.29) is 0 Å². The summed E-state index contributed by atoms with van der Waals surface area (Å²) in [7, 11) is 5.34. The van der Waals surface area contributed by atoms with Gasteiger partial charge in [0.05, 0.1) is 7.85 Å². The smallest absolute Gasteiger partial charge is 0.123 e. The van der Waals surface area contributed by atoms with Crippen LogP contribution in [0.25, 0.3) is 0 Å². The number of hydrogen-bond acceptors (Lipinski definition) is 2. The van der Waals surface area contributed by atoms with Crippen LogP contribution >= 0.6 is 0 Å². The monoisotopic (exact) mass is 118 g/mol. The molecule has 0 aliphatic heterocycles. The predicted octanol–water partition coefficient (Wildman–Crippen LogP) is 0.332. The molecule has 0 saturated carbocycles. The van der Waals surface area contributed by atoms with E-state index in [1.165, 1.54) is 0 Å². The molecule has 0 fully saturated rings. The van der Waals surface area contributed by atoms with Gasteiger partial charge in [0, 0.05) is 6.20 Å². The highest BCUT2D eigenvalue weighted by Gasteiger charge is 1.87. The summed E-state index contributed by atoms with van der Waals surface area (Å²) >= 11 is 0. The summed E-state index contributed by atoms with van der Waals surface area (Å²) < 4.78 is 0. The van der Waals surface area contributed by atoms with Crippen LogP contribution in [0.15, 0.2) is 18.3 Å². The quantitative estimate of drug-likeness (QED) is 0.539. The number of pyridine rings is 1. The van der Waals surface area contributed by atoms with E-state index in [4.69, 9.17) is 13.6 Å². The molecule has 1 rings (SSSR count). The third kappa shape index (κ3) is 1.45. The van der Waals surface area contributed by atoms with Gasteiger partial charge in [-0.05, 0) is 12.1 Å². The van der Waals surface area contributed by atoms with Gasteiger partial charge in [-0.2, -0.15) is 0 Å². The summed E-state index contributed by atoms with van der Waals surface area (Å²) in [6, 6.07) is 3.61. The second kappa shape index (κ2) is 2.53. The van der Waals surface area contributed by atoms with Crippen molar-refractivity contribution in [3.8, 4) is 0 Å². The molecule has 9 heavy (non-hydrogen) atoms. The Morgan fingerprint density at radius 1 is 1.67 bits per heavy atom. The maximum absolute atomic E-state index is 5.37. The Morgan fingerprint density at radius 3 is 2.89 bits per heavy atom. The lowest BCUT2D eigenvalue weighted by Crippen LogP contribution is -1.91. The minimum absolute atomic E-state index is 0.521. The zero-order valence-electron chi connectivity index (χ0n) is 5.04. The van der Waals surface area contributed by atoms with Crippen LogP contribution in [-0.4, -0.2) is 12.8 Å². The van der Waals surface area contributed by atoms with Crippen molar-refractivity contribution in [1.82, 2.24) is 4.98 Å². The number of nitrogen functional groups attached to an aromatic ring is 1. The van der Waals surface area contributed by atoms with Gasteiger partial charge in [-0.1, -0.05) is 11.9 Å². The fourth-order valence-electron chi connectivity index (χ4n) is 0.621. The normalized spacial score (nSPS) is 9.33. The Labute approximate surface area is 55.5 Å². The van der Waals surface area contributed by atoms with Crippen molar-refractivity contribution in [3.05, 3.63) is 23.9 Å². The minimum atomic E-state index is 0.521. The van der Waals surface area contributed by atoms with Gasteiger partial charge in [0.15, 0.2) is 0 Å². The molecule has 1 heterocycles. The highest BCUT2D eigenvalue weighted by Crippen LogP contribution is 2.00. The highest BCUT2D eigenvalue weighted by molar-refractivity contribution is 6.08. The van der Waals surface area contributed by atoms with Crippen molar-refractivity contribution in [3.63, 3.8) is 0 Å². The van der Waals surface area contributed by atoms with Crippen molar-refractivity contribution in [2.24, 2.45) is 0 Å². The molecule has 0 unspecified atom stereocenters. The topological polar surface area (TPSA) is 38.9 Å². The Morgan fingerprint density at radius 2 is 2.44 bits per heavy atom. The molecule has 0 aromatic carbocycles. The van der Waals surface area contributed by atoms with Gasteiger partial charge in [0.1, 0.15) is 5.82 Å². The summed E-state index contributed by atoms with van der Waals surface area (Å²) in [6.07, 6.45) is 2.17. The molecular formula is C6H7BN2. The Kier molecular flexibility index (Phi) is 1.73. The van der Waals surface area contributed by atoms with E-state index in [1.807, 2.05) is 6.07 Å². The second-order valence-corrected chi connectivity index (χ2v) is 1.79. The van der Waals surface area contributed by atoms with Crippen LogP contribution < -0.4 is 5.73 Å². The molecule has 3 heteroatoms. The standard InChI is InChI=1S/C6H7BN2/c7-4-5-1-2-9-6(8)3-5/h1-3H,4H2,(H2,8,9). The molecule has 0 amide bonds. The van der Waals surface area contributed by atoms with Gasteiger partial charge in [-0.15, -0.1) is 0 Å². The first kappa shape index (κ1) is 6.14. The highest BCUT2D eigenvalue weighted by atomic mass is 14.8. The van der Waals surface area contributed by atoms with E-state index in [2.05, 4.69) is 4.98 Å². The van der Waals surface area contributed by atoms with Gasteiger partial charge in [0.2, 0.25) is 0 Å². The Balaban J connectivity index is 2.94. The van der Waals surface area contributed by atoms with Crippen LogP contribution in [0, 0.1) is 0 Å². The molecule has 1 aromatic rings. The number of rotatable bonds is 1. The number of anilines is 1. The average molecular weight is 118 g/mol. The molecule has 2 nitrogen and oxygen atoms in total. The molecule has 44 valence electrons. The van der Waals surface area contributed by atoms with Crippen molar-refractivity contribution < 1.29 is 0 Å². The van der Waals surface area contributed by atoms with Gasteiger partial charge < -0.3 is 5.73 Å². The molecule has 0 aliphatic carbocycles. The van der Waals surface area contributed by atoms with Crippen LogP contribution in [0.1, 0.15) is 5.56 Å². The lowest BCUT2D eigenvalue weighted by molar-refractivity contribution is 1.28. The molecule has 0 atom stereocenters. The largest absolute Gasteiger partial charge is 0.384 e. The summed E-state index contributed by atoms with van der Waals surface area (Å²) in [5.41, 5.74) is 6.38. The van der Waals surface area contributed by atoms with E-state index in [1.54, 1.807) is 12.3 Å². The van der Waals surface area contributed by atoms with Crippen LogP contribution in [0.3, 0.4) is 0 Å². The molecule has 0 bridgehead atoms. The first-order valence-corrected chi connectivity index (χ1v) is 2.73. The number of hydrogen-bond donors (Lipinski definition) is 1. The minimum Gasteiger partial charge on any atom is -0.384 e. The summed E-state index contributed by atoms with van der Waals surface area (Å²) in [6.45, 7) is 0. The van der Waals surface area contributed by atoms with E-state index in [0.29, 0.717) is 12.1 Å². The molecule has 0 saturated heterocycles. The number of aromatic nitrogens is 1. The SMILES string of the molecule is [B]Cc1ccnc(N)c1. The van der Waals surface area contributed by atoms with Crippen LogP contribution in [0.5, 0.6) is 0 Å². The lowest BCUT2D eigenvalue weighted by Gasteiger charge is -1.94. The van der Waals surface area contributed by atoms with E-state index < -0.39 is 0 Å². The van der Waals surface area contributed by atoms with E-state index in [0.717, 1.165) is 5.56 Å². The van der Waals surface area contributed by atoms with Gasteiger partial charge in [-0.25, -0.2) is 4.98 Å². The molecule has 2 N–H and O–H groups in total. The molecular weight excluding hydrogens is 111 g/mol. The average Bonchev–Trinajstić information content (AvgIpc) is 1.88. The van der Waals surface area contributed by atoms with Gasteiger partial charge in [-0.3, -0.25) is 0 Å². The van der Waals surface area contributed by atoms with Crippen molar-refractivity contribution >= 4 is 13.7 Å². The van der Waals surface area contributed by atoms with Crippen LogP contribution in [0.2, 0.25) is 0 Å². The maximum Gasteiger partial charge on any atom is 0.123 e. The summed E-state index contributed by atoms with van der Waals surface area (Å²) in [4.78, 5) is 3.81. The fraction of sp³-hybridized carbons (Fsp3) is 0.167. The van der Waals surface area contributed by atoms with Crippen LogP contribution in [0.4, 0.5) is 5.82 Å². The first-order valence-electron chi connectivity index (χ1n) is 2.73. The Bertz CT molecular complexity index is 200. The van der Waals surface area contributed by atoms with Crippen LogP contribution in [-0.2, 0) is 6.32 Å². The third-order valence-corrected chi connectivity index (χ3v) is 1.08. The first-order chi connectivity index (χ1) is 4.33. The predicted molar refractivity (Wildman–Crippen MR) is 38.1 cm³/mol. The Hall–Kier alpha value is -0.985. The third-order valence-electron chi connectivity index (χ3n) is 1.08. The van der Waals surface area contributed by atoms with E-state index >= 15 is 0 Å². The molecule has 1 aromatic heterocycles. The van der Waals surface area contributed by atoms with Crippen molar-refractivity contribution in [2.75, 3.05) is 5.73 Å². The molecule has 0 spiro atoms. The number of nitrogens with two attached hydrogens (primary N) is 1. The van der Waals surface area contributed by atoms with Gasteiger partial charge >= 0.3 is 0 Å². The zero-order valence-corrected chi connectivity index (χ0v) is 5.04. The maximum atomic E-state index is 5.37. The second-order valence-electron chi connectivity index (χ2n) is 1.79. The lowest BCUT2D eigenvalue weighted by atomic mass is 9.98. The fourth-order valence-corrected chi connectivity index (χ4v) is 0.621. The van der Waals surface area contributed by atoms with E-state index in [9.17, 15) is 0 Å². The molecule has 2 radical (unpaired) electrons. The zero-order chi connectivity index (χ0) is 6.69. The molecule has 0 aliphatic rings. The summed E-state index contributed by atoms with van der Waals surface area (Å²) in [5, 5.41) is 0. The number of nitrogens with zero attached hydrogens (tertiary/aromatic N) is 1. The summed E-state index contributed by atoms with van der Waals surface area (Å²) in [5.74, 6) is 0.526. The van der Waals surface area contributed by atoms with Crippen molar-refractivity contribution in [2.45, 2.75) is 6.32 Å². The van der Waals surface area contributed by atoms with Crippen molar-refractivity contribution in [1.29, 1.82) is 0 Å².